The lowest BCUT2D eigenvalue weighted by atomic mass is 10.2. The van der Waals surface area contributed by atoms with Gasteiger partial charge in [-0.2, -0.15) is 10.2 Å². The molecule has 0 unspecified atom stereocenters. The second-order valence-electron chi connectivity index (χ2n) is 6.59. The van der Waals surface area contributed by atoms with E-state index < -0.39 is 11.2 Å². The molecule has 0 saturated heterocycles. The first-order valence-electron chi connectivity index (χ1n) is 9.72. The molecule has 2 aromatic heterocycles. The van der Waals surface area contributed by atoms with Crippen LogP contribution in [0.2, 0.25) is 0 Å². The highest BCUT2D eigenvalue weighted by Crippen LogP contribution is 2.20. The molecular formula is C25H20N4O2. The van der Waals surface area contributed by atoms with Gasteiger partial charge in [-0.1, -0.05) is 72.9 Å². The monoisotopic (exact) mass is 408 g/mol. The summed E-state index contributed by atoms with van der Waals surface area (Å²) in [5, 5.41) is 19.2. The van der Waals surface area contributed by atoms with Crippen molar-refractivity contribution in [2.75, 3.05) is 0 Å². The fraction of sp³-hybridized carbons (Fsp3) is 0. The second kappa shape index (κ2) is 9.37. The molecule has 0 amide bonds. The Labute approximate surface area is 179 Å². The van der Waals surface area contributed by atoms with Crippen LogP contribution in [0.5, 0.6) is 5.75 Å². The van der Waals surface area contributed by atoms with Crippen LogP contribution in [0.1, 0.15) is 0 Å². The van der Waals surface area contributed by atoms with Crippen molar-refractivity contribution in [2.45, 2.75) is 0 Å². The van der Waals surface area contributed by atoms with E-state index in [4.69, 9.17) is 0 Å². The van der Waals surface area contributed by atoms with Crippen LogP contribution < -0.4 is 5.43 Å². The maximum Gasteiger partial charge on any atom is 0.251 e. The fourth-order valence-electron chi connectivity index (χ4n) is 3.00. The lowest BCUT2D eigenvalue weighted by Crippen LogP contribution is -2.16. The SMILES string of the molecule is O=c1c(O)cn(C2=C\C=C/C=C\C=C/C=C/C=C2)nc1-c1ccnn1-c1ccccc1. The molecule has 1 N–H and O–H groups in total. The molecule has 0 radical (unpaired) electrons. The van der Waals surface area contributed by atoms with Crippen molar-refractivity contribution in [3.63, 3.8) is 0 Å². The van der Waals surface area contributed by atoms with Crippen molar-refractivity contribution in [3.05, 3.63) is 126 Å². The maximum atomic E-state index is 12.7. The summed E-state index contributed by atoms with van der Waals surface area (Å²) in [6.45, 7) is 0. The standard InChI is InChI=1S/C25H20N4O2/c30-23-19-28(20-13-9-6-4-2-1-3-5-7-10-14-20)27-24(25(23)31)22-17-18-26-29(22)21-15-11-8-12-16-21/h1-19,30H/b2-1-,3-1?,4-2?,5-3-,6-4+,7-5?,9-6?,10-7-,13-9?,14-10?,20-13?,20-14?. The first kappa shape index (κ1) is 19.8. The molecule has 0 saturated carbocycles. The highest BCUT2D eigenvalue weighted by atomic mass is 16.3. The van der Waals surface area contributed by atoms with Crippen LogP contribution in [0.4, 0.5) is 0 Å². The Morgan fingerprint density at radius 3 is 2.23 bits per heavy atom. The molecule has 1 aliphatic rings. The van der Waals surface area contributed by atoms with E-state index in [0.29, 0.717) is 11.4 Å². The maximum absolute atomic E-state index is 12.7. The van der Waals surface area contributed by atoms with Gasteiger partial charge in [-0.15, -0.1) is 0 Å². The van der Waals surface area contributed by atoms with E-state index in [1.54, 1.807) is 16.9 Å². The second-order valence-corrected chi connectivity index (χ2v) is 6.59. The largest absolute Gasteiger partial charge is 0.503 e. The average molecular weight is 408 g/mol. The minimum Gasteiger partial charge on any atom is -0.503 e. The van der Waals surface area contributed by atoms with E-state index in [9.17, 15) is 9.90 Å². The summed E-state index contributed by atoms with van der Waals surface area (Å²) in [6.07, 6.45) is 23.7. The third kappa shape index (κ3) is 4.59. The molecule has 2 heterocycles. The number of allylic oxidation sites excluding steroid dienone is 12. The Kier molecular flexibility index (Phi) is 6.00. The van der Waals surface area contributed by atoms with Gasteiger partial charge in [0.1, 0.15) is 0 Å². The number of aromatic hydroxyl groups is 1. The predicted molar refractivity (Wildman–Crippen MR) is 123 cm³/mol. The van der Waals surface area contributed by atoms with Crippen molar-refractivity contribution in [1.82, 2.24) is 19.6 Å². The van der Waals surface area contributed by atoms with Gasteiger partial charge >= 0.3 is 0 Å². The summed E-state index contributed by atoms with van der Waals surface area (Å²) in [7, 11) is 0. The zero-order valence-corrected chi connectivity index (χ0v) is 16.6. The van der Waals surface area contributed by atoms with Gasteiger partial charge in [-0.3, -0.25) is 4.79 Å². The molecule has 152 valence electrons. The van der Waals surface area contributed by atoms with Crippen LogP contribution in [0.15, 0.2) is 120 Å². The lowest BCUT2D eigenvalue weighted by molar-refractivity contribution is 0.462. The minimum absolute atomic E-state index is 0.101. The molecule has 3 aromatic rings. The summed E-state index contributed by atoms with van der Waals surface area (Å²) >= 11 is 0. The number of hydrogen-bond acceptors (Lipinski definition) is 4. The number of hydrogen-bond donors (Lipinski definition) is 1. The molecule has 0 fully saturated rings. The van der Waals surface area contributed by atoms with Crippen LogP contribution in [-0.2, 0) is 0 Å². The van der Waals surface area contributed by atoms with Gasteiger partial charge in [-0.25, -0.2) is 9.36 Å². The van der Waals surface area contributed by atoms with E-state index in [2.05, 4.69) is 10.2 Å². The number of rotatable bonds is 3. The first-order chi connectivity index (χ1) is 15.2. The van der Waals surface area contributed by atoms with Gasteiger partial charge in [0.2, 0.25) is 0 Å². The van der Waals surface area contributed by atoms with Crippen LogP contribution in [0.25, 0.3) is 22.8 Å². The highest BCUT2D eigenvalue weighted by Gasteiger charge is 2.17. The van der Waals surface area contributed by atoms with Crippen LogP contribution in [0, 0.1) is 0 Å². The van der Waals surface area contributed by atoms with Crippen molar-refractivity contribution < 1.29 is 5.11 Å². The van der Waals surface area contributed by atoms with Gasteiger partial charge in [0.25, 0.3) is 5.43 Å². The van der Waals surface area contributed by atoms with E-state index >= 15 is 0 Å². The Hall–Kier alpha value is -4.45. The lowest BCUT2D eigenvalue weighted by Gasteiger charge is -2.11. The van der Waals surface area contributed by atoms with Crippen molar-refractivity contribution in [2.24, 2.45) is 0 Å². The minimum atomic E-state index is -0.560. The normalized spacial score (nSPS) is 17.7. The molecule has 31 heavy (non-hydrogen) atoms. The van der Waals surface area contributed by atoms with Crippen LogP contribution >= 0.6 is 0 Å². The van der Waals surface area contributed by atoms with Gasteiger partial charge in [-0.05, 0) is 30.4 Å². The molecule has 6 heteroatoms. The highest BCUT2D eigenvalue weighted by molar-refractivity contribution is 5.63. The number of nitrogens with zero attached hydrogens (tertiary/aromatic N) is 4. The van der Waals surface area contributed by atoms with Crippen molar-refractivity contribution in [1.29, 1.82) is 0 Å². The molecule has 6 nitrogen and oxygen atoms in total. The van der Waals surface area contributed by atoms with Gasteiger partial charge < -0.3 is 5.11 Å². The number of aromatic nitrogens is 4. The van der Waals surface area contributed by atoms with E-state index in [1.165, 1.54) is 10.9 Å². The topological polar surface area (TPSA) is 72.9 Å². The van der Waals surface area contributed by atoms with E-state index in [0.717, 1.165) is 5.69 Å². The summed E-state index contributed by atoms with van der Waals surface area (Å²) < 4.78 is 3.10. The molecule has 0 bridgehead atoms. The molecule has 4 rings (SSSR count). The third-order valence-electron chi connectivity index (χ3n) is 4.47. The molecule has 0 spiro atoms. The molecule has 0 atom stereocenters. The Morgan fingerprint density at radius 1 is 0.806 bits per heavy atom. The predicted octanol–water partition coefficient (Wildman–Crippen LogP) is 4.44. The van der Waals surface area contributed by atoms with Gasteiger partial charge in [0.15, 0.2) is 11.4 Å². The van der Waals surface area contributed by atoms with Crippen molar-refractivity contribution in [3.8, 4) is 22.8 Å². The van der Waals surface area contributed by atoms with Crippen LogP contribution in [0.3, 0.4) is 0 Å². The quantitative estimate of drug-likeness (QED) is 0.696. The van der Waals surface area contributed by atoms with E-state index in [1.807, 2.05) is 97.2 Å². The number of para-hydroxylation sites is 1. The average Bonchev–Trinajstić information content (AvgIpc) is 3.26. The Bertz CT molecular complexity index is 1300. The smallest absolute Gasteiger partial charge is 0.251 e. The molecule has 1 aromatic carbocycles. The first-order valence-corrected chi connectivity index (χ1v) is 9.72. The van der Waals surface area contributed by atoms with E-state index in [-0.39, 0.29) is 5.69 Å². The summed E-state index contributed by atoms with van der Waals surface area (Å²) in [5.74, 6) is -0.395. The Balaban J connectivity index is 1.83. The molecular weight excluding hydrogens is 388 g/mol. The zero-order valence-electron chi connectivity index (χ0n) is 16.6. The summed E-state index contributed by atoms with van der Waals surface area (Å²) in [5.41, 5.74) is 1.49. The third-order valence-corrected chi connectivity index (χ3v) is 4.47. The Morgan fingerprint density at radius 2 is 1.48 bits per heavy atom. The molecule has 1 aliphatic carbocycles. The summed E-state index contributed by atoms with van der Waals surface area (Å²) in [6, 6.07) is 11.1. The van der Waals surface area contributed by atoms with Gasteiger partial charge in [0, 0.05) is 0 Å². The van der Waals surface area contributed by atoms with Gasteiger partial charge in [0.05, 0.1) is 29.5 Å². The number of benzene rings is 1. The fourth-order valence-corrected chi connectivity index (χ4v) is 3.00. The molecule has 0 aliphatic heterocycles. The zero-order chi connectivity index (χ0) is 21.5. The van der Waals surface area contributed by atoms with Crippen molar-refractivity contribution >= 4 is 5.70 Å². The van der Waals surface area contributed by atoms with Crippen LogP contribution in [-0.4, -0.2) is 24.7 Å². The summed E-state index contributed by atoms with van der Waals surface area (Å²) in [4.78, 5) is 12.7.